The second kappa shape index (κ2) is 9.31. The van der Waals surface area contributed by atoms with Crippen molar-refractivity contribution in [2.45, 2.75) is 39.0 Å². The van der Waals surface area contributed by atoms with Crippen LogP contribution in [0.3, 0.4) is 0 Å². The summed E-state index contributed by atoms with van der Waals surface area (Å²) in [6.45, 7) is 7.97. The number of benzene rings is 1. The quantitative estimate of drug-likeness (QED) is 0.523. The molecule has 4 nitrogen and oxygen atoms in total. The summed E-state index contributed by atoms with van der Waals surface area (Å²) in [5, 5.41) is 10.0. The molecule has 0 amide bonds. The minimum atomic E-state index is -0.838. The highest BCUT2D eigenvalue weighted by Crippen LogP contribution is 2.44. The average Bonchev–Trinajstić information content (AvgIpc) is 3.25. The third kappa shape index (κ3) is 4.57. The normalized spacial score (nSPS) is 21.8. The fraction of sp³-hybridized carbons (Fsp3) is 0.423. The molecule has 0 unspecified atom stereocenters. The fourth-order valence-corrected chi connectivity index (χ4v) is 5.97. The van der Waals surface area contributed by atoms with Gasteiger partial charge in [-0.3, -0.25) is 0 Å². The second-order valence-corrected chi connectivity index (χ2v) is 9.81. The zero-order valence-electron chi connectivity index (χ0n) is 18.4. The van der Waals surface area contributed by atoms with Crippen LogP contribution < -0.4 is 0 Å². The number of hydrogen-bond acceptors (Lipinski definition) is 4. The van der Waals surface area contributed by atoms with Gasteiger partial charge in [-0.1, -0.05) is 50.1 Å². The summed E-state index contributed by atoms with van der Waals surface area (Å²) in [6.07, 6.45) is 5.63. The van der Waals surface area contributed by atoms with E-state index in [4.69, 9.17) is 4.74 Å². The van der Waals surface area contributed by atoms with Crippen molar-refractivity contribution in [3.05, 3.63) is 64.9 Å². The Hall–Kier alpha value is -2.53. The molecule has 0 bridgehead atoms. The highest BCUT2D eigenvalue weighted by atomic mass is 32.1. The van der Waals surface area contributed by atoms with E-state index in [2.05, 4.69) is 24.5 Å². The minimum Gasteiger partial charge on any atom is -0.483 e. The second-order valence-electron chi connectivity index (χ2n) is 8.75. The Kier molecular flexibility index (Phi) is 6.51. The van der Waals surface area contributed by atoms with Crippen molar-refractivity contribution < 1.29 is 14.6 Å². The molecule has 0 radical (unpaired) electrons. The van der Waals surface area contributed by atoms with Gasteiger partial charge in [-0.25, -0.2) is 4.79 Å². The molecule has 1 N–H and O–H groups in total. The fourth-order valence-electron chi connectivity index (χ4n) is 4.94. The highest BCUT2D eigenvalue weighted by Gasteiger charge is 2.31. The molecule has 1 aliphatic carbocycles. The summed E-state index contributed by atoms with van der Waals surface area (Å²) in [6, 6.07) is 12.2. The van der Waals surface area contributed by atoms with E-state index in [1.807, 2.05) is 30.3 Å². The van der Waals surface area contributed by atoms with E-state index in [0.29, 0.717) is 16.7 Å². The molecular formula is C26H31NO3S. The van der Waals surface area contributed by atoms with Gasteiger partial charge in [0.1, 0.15) is 4.88 Å². The maximum absolute atomic E-state index is 12.2. The summed E-state index contributed by atoms with van der Waals surface area (Å²) in [5.41, 5.74) is 4.60. The van der Waals surface area contributed by atoms with Crippen LogP contribution in [-0.4, -0.2) is 36.2 Å². The van der Waals surface area contributed by atoms with Crippen LogP contribution in [-0.2, 0) is 4.74 Å². The van der Waals surface area contributed by atoms with Gasteiger partial charge in [-0.05, 0) is 60.5 Å². The molecule has 0 spiro atoms. The summed E-state index contributed by atoms with van der Waals surface area (Å²) in [5.74, 6) is 1.12. The Morgan fingerprint density at radius 3 is 2.55 bits per heavy atom. The zero-order chi connectivity index (χ0) is 22.0. The third-order valence-electron chi connectivity index (χ3n) is 6.79. The maximum atomic E-state index is 12.2. The third-order valence-corrected chi connectivity index (χ3v) is 7.96. The minimum absolute atomic E-state index is 0.453. The van der Waals surface area contributed by atoms with Crippen LogP contribution in [0.2, 0.25) is 0 Å². The van der Waals surface area contributed by atoms with Gasteiger partial charge in [-0.15, -0.1) is 11.3 Å². The number of nitrogens with zero attached hydrogens (tertiary/aromatic N) is 1. The number of carboxylic acids is 1. The molecule has 1 aromatic carbocycles. The smallest absolute Gasteiger partial charge is 0.346 e. The molecule has 1 fully saturated rings. The first kappa shape index (κ1) is 21.7. The molecule has 0 saturated heterocycles. The number of carboxylic acid groups (broad SMARTS) is 1. The van der Waals surface area contributed by atoms with Crippen molar-refractivity contribution in [3.63, 3.8) is 0 Å². The summed E-state index contributed by atoms with van der Waals surface area (Å²) in [7, 11) is 1.66. The van der Waals surface area contributed by atoms with Gasteiger partial charge in [0.05, 0.1) is 7.11 Å². The topological polar surface area (TPSA) is 49.8 Å². The van der Waals surface area contributed by atoms with Crippen LogP contribution in [0.15, 0.2) is 54.4 Å². The van der Waals surface area contributed by atoms with Crippen molar-refractivity contribution in [3.8, 4) is 10.4 Å². The number of methoxy groups -OCH3 is 1. The number of rotatable bonds is 6. The van der Waals surface area contributed by atoms with Crippen molar-refractivity contribution in [2.24, 2.45) is 11.8 Å². The number of ether oxygens (including phenoxy) is 1. The monoisotopic (exact) mass is 437 g/mol. The van der Waals surface area contributed by atoms with E-state index >= 15 is 0 Å². The predicted octanol–water partition coefficient (Wildman–Crippen LogP) is 6.52. The molecule has 2 aliphatic rings. The van der Waals surface area contributed by atoms with E-state index in [1.54, 1.807) is 7.11 Å². The Morgan fingerprint density at radius 1 is 1.19 bits per heavy atom. The van der Waals surface area contributed by atoms with Crippen LogP contribution in [0.5, 0.6) is 0 Å². The van der Waals surface area contributed by atoms with Crippen LogP contribution in [0, 0.1) is 11.8 Å². The van der Waals surface area contributed by atoms with Crippen molar-refractivity contribution in [1.82, 2.24) is 4.90 Å². The molecule has 2 heterocycles. The van der Waals surface area contributed by atoms with Crippen molar-refractivity contribution in [1.29, 1.82) is 0 Å². The molecule has 1 aliphatic heterocycles. The molecule has 0 atom stereocenters. The molecule has 2 aromatic rings. The van der Waals surface area contributed by atoms with E-state index in [9.17, 15) is 9.90 Å². The highest BCUT2D eigenvalue weighted by molar-refractivity contribution is 7.17. The maximum Gasteiger partial charge on any atom is 0.346 e. The van der Waals surface area contributed by atoms with E-state index in [1.165, 1.54) is 48.2 Å². The molecule has 164 valence electrons. The first-order chi connectivity index (χ1) is 15.0. The lowest BCUT2D eigenvalue weighted by Gasteiger charge is -2.38. The largest absolute Gasteiger partial charge is 0.483 e. The lowest BCUT2D eigenvalue weighted by molar-refractivity contribution is 0.0701. The van der Waals surface area contributed by atoms with Crippen LogP contribution >= 0.6 is 11.3 Å². The van der Waals surface area contributed by atoms with Gasteiger partial charge < -0.3 is 14.7 Å². The first-order valence-corrected chi connectivity index (χ1v) is 11.9. The first-order valence-electron chi connectivity index (χ1n) is 11.1. The van der Waals surface area contributed by atoms with Gasteiger partial charge in [0.2, 0.25) is 0 Å². The van der Waals surface area contributed by atoms with E-state index in [-0.39, 0.29) is 0 Å². The van der Waals surface area contributed by atoms with E-state index in [0.717, 1.165) is 41.4 Å². The number of hydrogen-bond donors (Lipinski definition) is 1. The molecular weight excluding hydrogens is 406 g/mol. The van der Waals surface area contributed by atoms with Gasteiger partial charge in [0.15, 0.2) is 5.88 Å². The summed E-state index contributed by atoms with van der Waals surface area (Å²) >= 11 is 1.39. The Balaban J connectivity index is 1.79. The van der Waals surface area contributed by atoms with Gasteiger partial charge >= 0.3 is 5.97 Å². The lowest BCUT2D eigenvalue weighted by atomic mass is 9.75. The van der Waals surface area contributed by atoms with Gasteiger partial charge in [-0.2, -0.15) is 0 Å². The summed E-state index contributed by atoms with van der Waals surface area (Å²) in [4.78, 5) is 15.9. The molecule has 4 rings (SSSR count). The molecule has 5 heteroatoms. The number of thiophene rings is 1. The van der Waals surface area contributed by atoms with Crippen LogP contribution in [0.1, 0.15) is 54.3 Å². The summed E-state index contributed by atoms with van der Waals surface area (Å²) < 4.78 is 5.42. The molecule has 1 saturated carbocycles. The Labute approximate surface area is 188 Å². The van der Waals surface area contributed by atoms with Crippen LogP contribution in [0.4, 0.5) is 0 Å². The molecule has 1 aromatic heterocycles. The number of aromatic carboxylic acids is 1. The standard InChI is InChI=1S/C26H31NO3S/c1-17-9-11-19(12-10-17)23-16-27(18(2)30-3)14-13-21(23)22-15-24(31-25(22)26(28)29)20-7-5-4-6-8-20/h4-8,15,17,19H,2,9-14,16H2,1,3H3,(H,28,29). The van der Waals surface area contributed by atoms with Crippen molar-refractivity contribution in [2.75, 3.05) is 20.2 Å². The van der Waals surface area contributed by atoms with Gasteiger partial charge in [0, 0.05) is 23.5 Å². The molecule has 31 heavy (non-hydrogen) atoms. The van der Waals surface area contributed by atoms with E-state index < -0.39 is 5.97 Å². The van der Waals surface area contributed by atoms with Crippen molar-refractivity contribution >= 4 is 22.9 Å². The van der Waals surface area contributed by atoms with Crippen LogP contribution in [0.25, 0.3) is 16.0 Å². The van der Waals surface area contributed by atoms with Gasteiger partial charge in [0.25, 0.3) is 0 Å². The predicted molar refractivity (Wildman–Crippen MR) is 127 cm³/mol. The lowest BCUT2D eigenvalue weighted by Crippen LogP contribution is -2.34. The Bertz CT molecular complexity index is 983. The SMILES string of the molecule is C=C(OC)N1CCC(c2cc(-c3ccccc3)sc2C(=O)O)=C(C2CCC(C)CC2)C1. The Morgan fingerprint density at radius 2 is 1.90 bits per heavy atom. The zero-order valence-corrected chi connectivity index (χ0v) is 19.2. The average molecular weight is 438 g/mol. The number of carbonyl (C=O) groups is 1.